The van der Waals surface area contributed by atoms with Crippen LogP contribution in [0.15, 0.2) is 24.3 Å². The average molecular weight is 327 g/mol. The number of fused-ring (bicyclic) bond motifs is 1. The van der Waals surface area contributed by atoms with E-state index in [-0.39, 0.29) is 11.1 Å². The zero-order valence-electron chi connectivity index (χ0n) is 13.3. The fourth-order valence-electron chi connectivity index (χ4n) is 3.19. The average Bonchev–Trinajstić information content (AvgIpc) is 2.55. The number of aryl methyl sites for hydroxylation is 1. The molecule has 0 aliphatic heterocycles. The highest BCUT2D eigenvalue weighted by atomic mass is 19.1. The third kappa shape index (κ3) is 2.82. The molecule has 24 heavy (non-hydrogen) atoms. The van der Waals surface area contributed by atoms with E-state index in [9.17, 15) is 13.2 Å². The number of rotatable bonds is 3. The van der Waals surface area contributed by atoms with E-state index >= 15 is 0 Å². The molecule has 0 radical (unpaired) electrons. The lowest BCUT2D eigenvalue weighted by molar-refractivity contribution is 0.571. The molecule has 0 unspecified atom stereocenters. The van der Waals surface area contributed by atoms with Crippen LogP contribution in [-0.4, -0.2) is 0 Å². The summed E-state index contributed by atoms with van der Waals surface area (Å²) in [5.74, 6) is -1.70. The topological polar surface area (TPSA) is 23.8 Å². The van der Waals surface area contributed by atoms with E-state index in [1.54, 1.807) is 12.1 Å². The van der Waals surface area contributed by atoms with E-state index in [1.165, 1.54) is 18.2 Å². The van der Waals surface area contributed by atoms with Crippen LogP contribution in [0.25, 0.3) is 11.6 Å². The van der Waals surface area contributed by atoms with Crippen LogP contribution in [0.2, 0.25) is 0 Å². The van der Waals surface area contributed by atoms with Gasteiger partial charge in [0.15, 0.2) is 0 Å². The van der Waals surface area contributed by atoms with Gasteiger partial charge in [-0.25, -0.2) is 13.2 Å². The van der Waals surface area contributed by atoms with Crippen molar-refractivity contribution in [2.24, 2.45) is 0 Å². The summed E-state index contributed by atoms with van der Waals surface area (Å²) in [6.07, 6.45) is 3.70. The summed E-state index contributed by atoms with van der Waals surface area (Å²) < 4.78 is 43.0. The summed E-state index contributed by atoms with van der Waals surface area (Å²) in [5, 5.41) is 8.89. The summed E-state index contributed by atoms with van der Waals surface area (Å²) in [7, 11) is 0. The van der Waals surface area contributed by atoms with E-state index in [2.05, 4.69) is 0 Å². The Morgan fingerprint density at radius 1 is 1.08 bits per heavy atom. The zero-order chi connectivity index (χ0) is 17.3. The first-order chi connectivity index (χ1) is 11.5. The first-order valence-corrected chi connectivity index (χ1v) is 7.95. The van der Waals surface area contributed by atoms with Crippen LogP contribution >= 0.6 is 0 Å². The van der Waals surface area contributed by atoms with Gasteiger partial charge in [-0.2, -0.15) is 5.26 Å². The van der Waals surface area contributed by atoms with Crippen molar-refractivity contribution in [2.75, 3.05) is 0 Å². The Kier molecular flexibility index (Phi) is 4.44. The maximum atomic E-state index is 14.4. The van der Waals surface area contributed by atoms with E-state index in [1.807, 2.05) is 13.0 Å². The normalized spacial score (nSPS) is 13.2. The van der Waals surface area contributed by atoms with Crippen molar-refractivity contribution in [1.82, 2.24) is 0 Å². The van der Waals surface area contributed by atoms with Gasteiger partial charge in [-0.05, 0) is 59.7 Å². The Hall–Kier alpha value is -2.54. The highest BCUT2D eigenvalue weighted by Crippen LogP contribution is 2.35. The molecule has 0 saturated heterocycles. The van der Waals surface area contributed by atoms with Gasteiger partial charge >= 0.3 is 0 Å². The Balaban J connectivity index is 2.06. The highest BCUT2D eigenvalue weighted by molar-refractivity contribution is 5.85. The van der Waals surface area contributed by atoms with Gasteiger partial charge in [0.2, 0.25) is 0 Å². The SMILES string of the molecule is CCCc1cc(F)c(C2=Cc3ccc(C#N)c(F)c3CC2)c(F)c1. The van der Waals surface area contributed by atoms with Crippen LogP contribution in [-0.2, 0) is 12.8 Å². The first kappa shape index (κ1) is 16.3. The van der Waals surface area contributed by atoms with Crippen molar-refractivity contribution in [3.05, 3.63) is 69.5 Å². The Morgan fingerprint density at radius 3 is 2.42 bits per heavy atom. The second kappa shape index (κ2) is 6.52. The number of hydrogen-bond acceptors (Lipinski definition) is 1. The van der Waals surface area contributed by atoms with Crippen LogP contribution in [0.4, 0.5) is 13.2 Å². The van der Waals surface area contributed by atoms with Crippen LogP contribution in [0.3, 0.4) is 0 Å². The molecule has 122 valence electrons. The molecule has 0 amide bonds. The van der Waals surface area contributed by atoms with E-state index in [0.29, 0.717) is 41.5 Å². The Labute approximate surface area is 139 Å². The number of allylic oxidation sites excluding steroid dienone is 1. The molecular weight excluding hydrogens is 311 g/mol. The Bertz CT molecular complexity index is 852. The van der Waals surface area contributed by atoms with Gasteiger partial charge in [0.1, 0.15) is 23.5 Å². The van der Waals surface area contributed by atoms with E-state index in [0.717, 1.165) is 6.42 Å². The molecule has 0 heterocycles. The van der Waals surface area contributed by atoms with Crippen molar-refractivity contribution in [3.63, 3.8) is 0 Å². The lowest BCUT2D eigenvalue weighted by Crippen LogP contribution is -2.06. The molecule has 2 aromatic rings. The predicted molar refractivity (Wildman–Crippen MR) is 87.7 cm³/mol. The quantitative estimate of drug-likeness (QED) is 0.739. The minimum atomic E-state index is -0.581. The number of nitriles is 1. The number of hydrogen-bond donors (Lipinski definition) is 0. The fourth-order valence-corrected chi connectivity index (χ4v) is 3.19. The summed E-state index contributed by atoms with van der Waals surface area (Å²) >= 11 is 0. The van der Waals surface area contributed by atoms with Crippen LogP contribution in [0.5, 0.6) is 0 Å². The summed E-state index contributed by atoms with van der Waals surface area (Å²) in [4.78, 5) is 0. The molecule has 0 saturated carbocycles. The summed E-state index contributed by atoms with van der Waals surface area (Å²) in [5.41, 5.74) is 2.12. The third-order valence-corrected chi connectivity index (χ3v) is 4.34. The monoisotopic (exact) mass is 327 g/mol. The minimum Gasteiger partial charge on any atom is -0.206 e. The molecule has 3 rings (SSSR count). The molecule has 1 aliphatic carbocycles. The molecule has 0 fully saturated rings. The maximum absolute atomic E-state index is 14.4. The van der Waals surface area contributed by atoms with Crippen molar-refractivity contribution in [1.29, 1.82) is 5.26 Å². The molecular formula is C20H16F3N. The molecule has 0 bridgehead atoms. The molecule has 0 aromatic heterocycles. The molecule has 1 aliphatic rings. The summed E-state index contributed by atoms with van der Waals surface area (Å²) in [6.45, 7) is 1.95. The van der Waals surface area contributed by atoms with Crippen LogP contribution < -0.4 is 0 Å². The van der Waals surface area contributed by atoms with Crippen LogP contribution in [0, 0.1) is 28.8 Å². The smallest absolute Gasteiger partial charge is 0.144 e. The first-order valence-electron chi connectivity index (χ1n) is 7.95. The van der Waals surface area contributed by atoms with E-state index < -0.39 is 17.5 Å². The van der Waals surface area contributed by atoms with E-state index in [4.69, 9.17) is 5.26 Å². The van der Waals surface area contributed by atoms with Gasteiger partial charge in [-0.15, -0.1) is 0 Å². The van der Waals surface area contributed by atoms with Gasteiger partial charge < -0.3 is 0 Å². The van der Waals surface area contributed by atoms with Crippen molar-refractivity contribution >= 4 is 11.6 Å². The standard InChI is InChI=1S/C20H16F3N/c1-2-3-12-8-17(21)19(18(22)9-12)14-6-7-16-13(10-14)4-5-15(11-24)20(16)23/h4-5,8-10H,2-3,6-7H2,1H3. The maximum Gasteiger partial charge on any atom is 0.144 e. The highest BCUT2D eigenvalue weighted by Gasteiger charge is 2.22. The molecule has 0 atom stereocenters. The predicted octanol–water partition coefficient (Wildman–Crippen LogP) is 5.41. The second-order valence-electron chi connectivity index (χ2n) is 5.96. The zero-order valence-corrected chi connectivity index (χ0v) is 13.3. The largest absolute Gasteiger partial charge is 0.206 e. The van der Waals surface area contributed by atoms with Crippen LogP contribution in [0.1, 0.15) is 47.6 Å². The number of halogens is 3. The molecule has 4 heteroatoms. The van der Waals surface area contributed by atoms with Gasteiger partial charge in [0, 0.05) is 5.56 Å². The third-order valence-electron chi connectivity index (χ3n) is 4.34. The second-order valence-corrected chi connectivity index (χ2v) is 5.96. The molecule has 2 aromatic carbocycles. The molecule has 0 N–H and O–H groups in total. The lowest BCUT2D eigenvalue weighted by Gasteiger charge is -2.19. The van der Waals surface area contributed by atoms with Crippen molar-refractivity contribution < 1.29 is 13.2 Å². The molecule has 0 spiro atoms. The number of nitrogens with zero attached hydrogens (tertiary/aromatic N) is 1. The van der Waals surface area contributed by atoms with Gasteiger partial charge in [0.25, 0.3) is 0 Å². The van der Waals surface area contributed by atoms with Gasteiger partial charge in [0.05, 0.1) is 5.56 Å². The van der Waals surface area contributed by atoms with Gasteiger partial charge in [-0.1, -0.05) is 25.5 Å². The lowest BCUT2D eigenvalue weighted by atomic mass is 9.86. The fraction of sp³-hybridized carbons (Fsp3) is 0.250. The molecule has 1 nitrogen and oxygen atoms in total. The summed E-state index contributed by atoms with van der Waals surface area (Å²) in [6, 6.07) is 7.57. The minimum absolute atomic E-state index is 0.00752. The van der Waals surface area contributed by atoms with Crippen molar-refractivity contribution in [2.45, 2.75) is 32.6 Å². The van der Waals surface area contributed by atoms with Gasteiger partial charge in [-0.3, -0.25) is 0 Å². The van der Waals surface area contributed by atoms with Crippen molar-refractivity contribution in [3.8, 4) is 6.07 Å². The number of benzene rings is 2. The Morgan fingerprint density at radius 2 is 1.79 bits per heavy atom.